The van der Waals surface area contributed by atoms with E-state index in [1.165, 1.54) is 116 Å². The molecule has 0 aromatic heterocycles. The maximum absolute atomic E-state index is 12.8. The normalized spacial score (nSPS) is 11.9. The summed E-state index contributed by atoms with van der Waals surface area (Å²) in [6, 6.07) is 0. The number of carbonyl (C=O) groups is 3. The van der Waals surface area contributed by atoms with Crippen molar-refractivity contribution in [2.45, 2.75) is 258 Å². The molecule has 0 rings (SSSR count). The Labute approximate surface area is 365 Å². The molecule has 0 aliphatic carbocycles. The third-order valence-electron chi connectivity index (χ3n) is 10.8. The quantitative estimate of drug-likeness (QED) is 0.0263. The second-order valence-electron chi connectivity index (χ2n) is 16.7. The number of ether oxygens (including phenoxy) is 3. The average Bonchev–Trinajstić information content (AvgIpc) is 3.23. The Balaban J connectivity index is 4.42. The highest BCUT2D eigenvalue weighted by molar-refractivity contribution is 5.71. The van der Waals surface area contributed by atoms with Crippen LogP contribution in [0.1, 0.15) is 252 Å². The van der Waals surface area contributed by atoms with Crippen molar-refractivity contribution in [1.82, 2.24) is 0 Å². The standard InChI is InChI=1S/C53H94O6/c1-4-7-10-13-16-19-22-25-26-29-32-35-38-41-44-47-53(56)59-50(48-57-51(54)45-42-39-36-33-30-27-23-20-17-14-11-8-5-2)49-58-52(55)46-43-40-37-34-31-28-24-21-18-15-12-9-6-3/h16,19-21,23-26,50H,4-15,17-18,22,27-49H2,1-3H3/b19-16-,23-20-,24-21-,26-25-. The van der Waals surface area contributed by atoms with E-state index in [2.05, 4.69) is 69.4 Å². The lowest BCUT2D eigenvalue weighted by molar-refractivity contribution is -0.167. The van der Waals surface area contributed by atoms with Crippen LogP contribution in [0, 0.1) is 0 Å². The Bertz CT molecular complexity index is 991. The predicted octanol–water partition coefficient (Wildman–Crippen LogP) is 16.3. The summed E-state index contributed by atoms with van der Waals surface area (Å²) < 4.78 is 16.8. The molecule has 0 aromatic rings. The average molecular weight is 827 g/mol. The van der Waals surface area contributed by atoms with Crippen molar-refractivity contribution >= 4 is 17.9 Å². The largest absolute Gasteiger partial charge is 0.462 e. The van der Waals surface area contributed by atoms with E-state index in [-0.39, 0.29) is 31.1 Å². The number of hydrogen-bond donors (Lipinski definition) is 0. The van der Waals surface area contributed by atoms with Gasteiger partial charge in [-0.25, -0.2) is 0 Å². The van der Waals surface area contributed by atoms with Crippen LogP contribution in [0.4, 0.5) is 0 Å². The molecule has 0 aliphatic rings. The van der Waals surface area contributed by atoms with Crippen LogP contribution in [-0.4, -0.2) is 37.2 Å². The van der Waals surface area contributed by atoms with Crippen LogP contribution >= 0.6 is 0 Å². The van der Waals surface area contributed by atoms with E-state index in [9.17, 15) is 14.4 Å². The van der Waals surface area contributed by atoms with E-state index >= 15 is 0 Å². The van der Waals surface area contributed by atoms with E-state index in [0.29, 0.717) is 19.3 Å². The van der Waals surface area contributed by atoms with Crippen LogP contribution in [0.5, 0.6) is 0 Å². The Morgan fingerprint density at radius 3 is 0.983 bits per heavy atom. The molecule has 0 amide bonds. The third-order valence-corrected chi connectivity index (χ3v) is 10.8. The number of unbranched alkanes of at least 4 members (excludes halogenated alkanes) is 26. The topological polar surface area (TPSA) is 78.9 Å². The van der Waals surface area contributed by atoms with Crippen LogP contribution in [0.25, 0.3) is 0 Å². The van der Waals surface area contributed by atoms with Crippen LogP contribution < -0.4 is 0 Å². The fourth-order valence-electron chi connectivity index (χ4n) is 6.93. The maximum Gasteiger partial charge on any atom is 0.306 e. The number of carbonyl (C=O) groups excluding carboxylic acids is 3. The fourth-order valence-corrected chi connectivity index (χ4v) is 6.93. The highest BCUT2D eigenvalue weighted by Gasteiger charge is 2.19. The van der Waals surface area contributed by atoms with Gasteiger partial charge in [-0.15, -0.1) is 0 Å². The first-order valence-corrected chi connectivity index (χ1v) is 25.1. The molecular formula is C53H94O6. The van der Waals surface area contributed by atoms with Gasteiger partial charge in [-0.05, 0) is 103 Å². The van der Waals surface area contributed by atoms with Crippen LogP contribution in [0.15, 0.2) is 48.6 Å². The van der Waals surface area contributed by atoms with Gasteiger partial charge in [-0.1, -0.05) is 179 Å². The van der Waals surface area contributed by atoms with Crippen LogP contribution in [0.3, 0.4) is 0 Å². The smallest absolute Gasteiger partial charge is 0.306 e. The van der Waals surface area contributed by atoms with Crippen molar-refractivity contribution in [2.75, 3.05) is 13.2 Å². The molecule has 342 valence electrons. The van der Waals surface area contributed by atoms with Gasteiger partial charge in [0.1, 0.15) is 13.2 Å². The van der Waals surface area contributed by atoms with Gasteiger partial charge in [-0.3, -0.25) is 14.4 Å². The second kappa shape index (κ2) is 48.0. The lowest BCUT2D eigenvalue weighted by Gasteiger charge is -2.18. The van der Waals surface area contributed by atoms with Gasteiger partial charge in [0.05, 0.1) is 0 Å². The van der Waals surface area contributed by atoms with Gasteiger partial charge in [0.25, 0.3) is 0 Å². The number of esters is 3. The first-order valence-electron chi connectivity index (χ1n) is 25.1. The zero-order valence-corrected chi connectivity index (χ0v) is 39.0. The molecule has 0 saturated carbocycles. The van der Waals surface area contributed by atoms with Crippen LogP contribution in [-0.2, 0) is 28.6 Å². The van der Waals surface area contributed by atoms with E-state index < -0.39 is 6.10 Å². The Morgan fingerprint density at radius 1 is 0.339 bits per heavy atom. The Hall–Kier alpha value is -2.63. The highest BCUT2D eigenvalue weighted by atomic mass is 16.6. The summed E-state index contributed by atoms with van der Waals surface area (Å²) in [6.45, 7) is 6.56. The summed E-state index contributed by atoms with van der Waals surface area (Å²) in [5.74, 6) is -0.912. The zero-order chi connectivity index (χ0) is 43.0. The number of rotatable bonds is 45. The molecular weight excluding hydrogens is 733 g/mol. The summed E-state index contributed by atoms with van der Waals surface area (Å²) in [7, 11) is 0. The minimum absolute atomic E-state index is 0.0853. The monoisotopic (exact) mass is 827 g/mol. The molecule has 0 spiro atoms. The first-order chi connectivity index (χ1) is 29.0. The Kier molecular flexibility index (Phi) is 45.9. The Morgan fingerprint density at radius 2 is 0.610 bits per heavy atom. The lowest BCUT2D eigenvalue weighted by Crippen LogP contribution is -2.30. The molecule has 0 aromatic carbocycles. The van der Waals surface area contributed by atoms with E-state index in [4.69, 9.17) is 14.2 Å². The van der Waals surface area contributed by atoms with Crippen molar-refractivity contribution in [3.8, 4) is 0 Å². The van der Waals surface area contributed by atoms with Gasteiger partial charge >= 0.3 is 17.9 Å². The van der Waals surface area contributed by atoms with Gasteiger partial charge in [0.2, 0.25) is 0 Å². The predicted molar refractivity (Wildman–Crippen MR) is 252 cm³/mol. The van der Waals surface area contributed by atoms with Crippen LogP contribution in [0.2, 0.25) is 0 Å². The first kappa shape index (κ1) is 56.4. The van der Waals surface area contributed by atoms with Gasteiger partial charge in [0.15, 0.2) is 6.10 Å². The summed E-state index contributed by atoms with van der Waals surface area (Å²) in [4.78, 5) is 37.9. The SMILES string of the molecule is CCCCC/C=C\C/C=C\CCCCCCCC(=O)OC(COC(=O)CCCCCCC/C=C\CCCCCC)COC(=O)CCCCCCC/C=C\CCCCCC. The third kappa shape index (κ3) is 46.3. The van der Waals surface area contributed by atoms with Crippen molar-refractivity contribution < 1.29 is 28.6 Å². The minimum Gasteiger partial charge on any atom is -0.462 e. The lowest BCUT2D eigenvalue weighted by atomic mass is 10.1. The minimum atomic E-state index is -0.784. The summed E-state index contributed by atoms with van der Waals surface area (Å²) in [5, 5.41) is 0. The molecule has 0 heterocycles. The molecule has 0 radical (unpaired) electrons. The molecule has 59 heavy (non-hydrogen) atoms. The van der Waals surface area contributed by atoms with Crippen molar-refractivity contribution in [3.63, 3.8) is 0 Å². The maximum atomic E-state index is 12.8. The molecule has 0 saturated heterocycles. The van der Waals surface area contributed by atoms with Gasteiger partial charge in [-0.2, -0.15) is 0 Å². The molecule has 0 atom stereocenters. The molecule has 6 nitrogen and oxygen atoms in total. The molecule has 6 heteroatoms. The van der Waals surface area contributed by atoms with E-state index in [0.717, 1.165) is 96.3 Å². The fraction of sp³-hybridized carbons (Fsp3) is 0.792. The van der Waals surface area contributed by atoms with Crippen molar-refractivity contribution in [1.29, 1.82) is 0 Å². The van der Waals surface area contributed by atoms with Crippen molar-refractivity contribution in [3.05, 3.63) is 48.6 Å². The molecule has 0 unspecified atom stereocenters. The van der Waals surface area contributed by atoms with Crippen molar-refractivity contribution in [2.24, 2.45) is 0 Å². The van der Waals surface area contributed by atoms with Gasteiger partial charge < -0.3 is 14.2 Å². The zero-order valence-electron chi connectivity index (χ0n) is 39.0. The summed E-state index contributed by atoms with van der Waals surface area (Å²) in [6.07, 6.45) is 56.5. The highest BCUT2D eigenvalue weighted by Crippen LogP contribution is 2.14. The molecule has 0 aliphatic heterocycles. The number of hydrogen-bond acceptors (Lipinski definition) is 6. The van der Waals surface area contributed by atoms with E-state index in [1.807, 2.05) is 0 Å². The number of allylic oxidation sites excluding steroid dienone is 8. The second-order valence-corrected chi connectivity index (χ2v) is 16.7. The van der Waals surface area contributed by atoms with E-state index in [1.54, 1.807) is 0 Å². The summed E-state index contributed by atoms with van der Waals surface area (Å²) >= 11 is 0. The summed E-state index contributed by atoms with van der Waals surface area (Å²) in [5.41, 5.74) is 0. The van der Waals surface area contributed by atoms with Gasteiger partial charge in [0, 0.05) is 19.3 Å². The molecule has 0 N–H and O–H groups in total. The molecule has 0 fully saturated rings. The molecule has 0 bridgehead atoms.